The minimum Gasteiger partial charge on any atom is -0.492 e. The van der Waals surface area contributed by atoms with Crippen molar-refractivity contribution in [3.05, 3.63) is 60.3 Å². The van der Waals surface area contributed by atoms with Crippen molar-refractivity contribution in [3.8, 4) is 5.75 Å². The van der Waals surface area contributed by atoms with Crippen LogP contribution in [-0.4, -0.2) is 37.7 Å². The molecule has 0 fully saturated rings. The van der Waals surface area contributed by atoms with Gasteiger partial charge in [-0.3, -0.25) is 9.88 Å². The second-order valence-corrected chi connectivity index (χ2v) is 6.50. The van der Waals surface area contributed by atoms with E-state index in [-0.39, 0.29) is 0 Å². The van der Waals surface area contributed by atoms with Gasteiger partial charge in [0.15, 0.2) is 0 Å². The lowest BCUT2D eigenvalue weighted by Crippen LogP contribution is -2.30. The molecule has 0 amide bonds. The zero-order chi connectivity index (χ0) is 17.1. The third kappa shape index (κ3) is 3.88. The van der Waals surface area contributed by atoms with Crippen LogP contribution in [0.2, 0.25) is 0 Å². The number of hydrogen-bond donors (Lipinski definition) is 0. The van der Waals surface area contributed by atoms with Crippen molar-refractivity contribution < 1.29 is 9.26 Å². The Morgan fingerprint density at radius 1 is 1.28 bits per heavy atom. The molecule has 3 aromatic rings. The molecule has 0 spiro atoms. The summed E-state index contributed by atoms with van der Waals surface area (Å²) in [6.45, 7) is 5.97. The number of aromatic nitrogens is 4. The number of hydrogen-bond acceptors (Lipinski definition) is 6. The van der Waals surface area contributed by atoms with Crippen molar-refractivity contribution >= 4 is 0 Å². The first kappa shape index (κ1) is 15.8. The van der Waals surface area contributed by atoms with Gasteiger partial charge in [-0.1, -0.05) is 5.16 Å². The van der Waals surface area contributed by atoms with Gasteiger partial charge in [-0.2, -0.15) is 0 Å². The van der Waals surface area contributed by atoms with Gasteiger partial charge < -0.3 is 13.8 Å². The van der Waals surface area contributed by atoms with Crippen LogP contribution in [0.25, 0.3) is 0 Å². The first-order chi connectivity index (χ1) is 12.3. The summed E-state index contributed by atoms with van der Waals surface area (Å²) < 4.78 is 13.3. The van der Waals surface area contributed by atoms with Gasteiger partial charge in [-0.25, -0.2) is 4.98 Å². The van der Waals surface area contributed by atoms with Gasteiger partial charge >= 0.3 is 0 Å². The van der Waals surface area contributed by atoms with Crippen molar-refractivity contribution in [3.63, 3.8) is 0 Å². The number of ether oxygens (including phenoxy) is 1. The van der Waals surface area contributed by atoms with Crippen LogP contribution in [0.15, 0.2) is 47.6 Å². The van der Waals surface area contributed by atoms with Crippen molar-refractivity contribution in [1.29, 1.82) is 0 Å². The van der Waals surface area contributed by atoms with E-state index in [0.29, 0.717) is 12.5 Å². The predicted molar refractivity (Wildman–Crippen MR) is 90.8 cm³/mol. The first-order valence-corrected chi connectivity index (χ1v) is 8.42. The number of rotatable bonds is 5. The highest BCUT2D eigenvalue weighted by molar-refractivity contribution is 5.15. The number of nitrogens with zero attached hydrogens (tertiary/aromatic N) is 5. The molecule has 7 heteroatoms. The lowest BCUT2D eigenvalue weighted by atomic mass is 10.1. The average molecular weight is 339 g/mol. The van der Waals surface area contributed by atoms with Crippen LogP contribution >= 0.6 is 0 Å². The largest absolute Gasteiger partial charge is 0.492 e. The Morgan fingerprint density at radius 2 is 2.24 bits per heavy atom. The molecular weight excluding hydrogens is 318 g/mol. The minimum absolute atomic E-state index is 0.351. The van der Waals surface area contributed by atoms with Gasteiger partial charge in [0, 0.05) is 50.6 Å². The molecule has 0 unspecified atom stereocenters. The average Bonchev–Trinajstić information content (AvgIpc) is 3.19. The topological polar surface area (TPSA) is 69.2 Å². The molecule has 3 aromatic heterocycles. The summed E-state index contributed by atoms with van der Waals surface area (Å²) in [5.41, 5.74) is 2.17. The van der Waals surface area contributed by atoms with Crippen LogP contribution in [0.1, 0.15) is 17.1 Å². The molecule has 1 aliphatic heterocycles. The highest BCUT2D eigenvalue weighted by Crippen LogP contribution is 2.19. The van der Waals surface area contributed by atoms with Gasteiger partial charge in [0.25, 0.3) is 0 Å². The molecule has 0 bridgehead atoms. The lowest BCUT2D eigenvalue weighted by Gasteiger charge is -2.23. The summed E-state index contributed by atoms with van der Waals surface area (Å²) in [6, 6.07) is 5.81. The van der Waals surface area contributed by atoms with Gasteiger partial charge in [-0.05, 0) is 19.1 Å². The monoisotopic (exact) mass is 339 g/mol. The van der Waals surface area contributed by atoms with E-state index < -0.39 is 0 Å². The molecule has 4 rings (SSSR count). The Labute approximate surface area is 146 Å². The normalized spacial score (nSPS) is 17.9. The van der Waals surface area contributed by atoms with Crippen molar-refractivity contribution in [2.24, 2.45) is 5.92 Å². The molecule has 4 heterocycles. The quantitative estimate of drug-likeness (QED) is 0.710. The summed E-state index contributed by atoms with van der Waals surface area (Å²) in [5, 5.41) is 4.12. The van der Waals surface area contributed by atoms with E-state index in [0.717, 1.165) is 43.4 Å². The molecule has 0 saturated carbocycles. The molecule has 0 aliphatic carbocycles. The number of pyridine rings is 1. The van der Waals surface area contributed by atoms with E-state index in [1.54, 1.807) is 12.4 Å². The zero-order valence-electron chi connectivity index (χ0n) is 14.2. The van der Waals surface area contributed by atoms with Crippen LogP contribution in [0.3, 0.4) is 0 Å². The Balaban J connectivity index is 1.47. The molecule has 0 saturated heterocycles. The summed E-state index contributed by atoms with van der Waals surface area (Å²) in [4.78, 5) is 10.8. The zero-order valence-corrected chi connectivity index (χ0v) is 14.2. The number of imidazole rings is 1. The fourth-order valence-corrected chi connectivity index (χ4v) is 3.23. The van der Waals surface area contributed by atoms with Crippen LogP contribution in [0, 0.1) is 12.8 Å². The summed E-state index contributed by atoms with van der Waals surface area (Å²) in [7, 11) is 0. The summed E-state index contributed by atoms with van der Waals surface area (Å²) in [6.07, 6.45) is 7.33. The van der Waals surface area contributed by atoms with Crippen LogP contribution in [0.4, 0.5) is 0 Å². The summed E-state index contributed by atoms with van der Waals surface area (Å²) in [5.74, 6) is 1.99. The second kappa shape index (κ2) is 7.06. The smallest absolute Gasteiger partial charge is 0.137 e. The fraction of sp³-hybridized carbons (Fsp3) is 0.389. The van der Waals surface area contributed by atoms with Crippen LogP contribution in [-0.2, 0) is 19.6 Å². The highest BCUT2D eigenvalue weighted by atomic mass is 16.5. The molecule has 1 aliphatic rings. The number of fused-ring (bicyclic) bond motifs is 1. The second-order valence-electron chi connectivity index (χ2n) is 6.50. The molecule has 0 radical (unpaired) electrons. The maximum atomic E-state index is 5.94. The summed E-state index contributed by atoms with van der Waals surface area (Å²) >= 11 is 0. The third-order valence-corrected chi connectivity index (χ3v) is 4.34. The predicted octanol–water partition coefficient (Wildman–Crippen LogP) is 2.29. The lowest BCUT2D eigenvalue weighted by molar-refractivity contribution is 0.165. The maximum absolute atomic E-state index is 5.94. The van der Waals surface area contributed by atoms with Gasteiger partial charge in [0.05, 0.1) is 30.5 Å². The molecule has 1 atom stereocenters. The maximum Gasteiger partial charge on any atom is 0.137 e. The Hall–Kier alpha value is -2.67. The molecule has 0 N–H and O–H groups in total. The Bertz CT molecular complexity index is 814. The van der Waals surface area contributed by atoms with E-state index in [4.69, 9.17) is 9.26 Å². The highest BCUT2D eigenvalue weighted by Gasteiger charge is 2.23. The number of aryl methyl sites for hydroxylation is 1. The van der Waals surface area contributed by atoms with Crippen molar-refractivity contribution in [2.45, 2.75) is 26.6 Å². The van der Waals surface area contributed by atoms with Crippen molar-refractivity contribution in [1.82, 2.24) is 24.6 Å². The molecule has 0 aromatic carbocycles. The fourth-order valence-electron chi connectivity index (χ4n) is 3.23. The first-order valence-electron chi connectivity index (χ1n) is 8.42. The van der Waals surface area contributed by atoms with E-state index >= 15 is 0 Å². The van der Waals surface area contributed by atoms with Crippen LogP contribution in [0.5, 0.6) is 5.75 Å². The van der Waals surface area contributed by atoms with E-state index in [1.807, 2.05) is 37.6 Å². The standard InChI is InChI=1S/C18H21N5O2/c1-14-5-16(21-25-14)10-22-8-15(9-23-13-20-6-17(23)11-22)12-24-18-3-2-4-19-7-18/h2-7,13,15H,8-12H2,1H3/t15-/m0/s1. The molecule has 130 valence electrons. The Morgan fingerprint density at radius 3 is 3.04 bits per heavy atom. The molecular formula is C18H21N5O2. The van der Waals surface area contributed by atoms with E-state index in [1.165, 1.54) is 5.69 Å². The Kier molecular flexibility index (Phi) is 4.47. The minimum atomic E-state index is 0.351. The van der Waals surface area contributed by atoms with E-state index in [2.05, 4.69) is 24.6 Å². The van der Waals surface area contributed by atoms with Crippen molar-refractivity contribution in [2.75, 3.05) is 13.2 Å². The molecule has 7 nitrogen and oxygen atoms in total. The van der Waals surface area contributed by atoms with Gasteiger partial charge in [0.1, 0.15) is 11.5 Å². The van der Waals surface area contributed by atoms with Gasteiger partial charge in [-0.15, -0.1) is 0 Å². The SMILES string of the molecule is Cc1cc(CN2Cc3cncn3C[C@@H](COc3cccnc3)C2)no1. The van der Waals surface area contributed by atoms with E-state index in [9.17, 15) is 0 Å². The molecule has 25 heavy (non-hydrogen) atoms. The third-order valence-electron chi connectivity index (χ3n) is 4.34. The van der Waals surface area contributed by atoms with Gasteiger partial charge in [0.2, 0.25) is 0 Å². The van der Waals surface area contributed by atoms with Crippen LogP contribution < -0.4 is 4.74 Å².